The number of benzene rings is 1. The third kappa shape index (κ3) is 4.71. The summed E-state index contributed by atoms with van der Waals surface area (Å²) in [5.74, 6) is 2.52. The first-order valence-corrected chi connectivity index (χ1v) is 11.1. The summed E-state index contributed by atoms with van der Waals surface area (Å²) in [6.07, 6.45) is 3.19. The lowest BCUT2D eigenvalue weighted by molar-refractivity contribution is -0.138. The van der Waals surface area contributed by atoms with Crippen LogP contribution < -0.4 is 9.47 Å². The number of rotatable bonds is 5. The molecule has 0 bridgehead atoms. The average molecular weight is 443 g/mol. The molecule has 2 amide bonds. The van der Waals surface area contributed by atoms with Gasteiger partial charge in [0.15, 0.2) is 5.82 Å². The molecule has 0 radical (unpaired) electrons. The number of amides is 2. The van der Waals surface area contributed by atoms with Crippen LogP contribution in [0.4, 0.5) is 0 Å². The number of carbonyl (C=O) groups is 2. The molecule has 4 rings (SSSR count). The van der Waals surface area contributed by atoms with Gasteiger partial charge in [0, 0.05) is 43.7 Å². The molecular weight excluding hydrogens is 412 g/mol. The Morgan fingerprint density at radius 3 is 2.28 bits per heavy atom. The summed E-state index contributed by atoms with van der Waals surface area (Å²) in [4.78, 5) is 34.3. The van der Waals surface area contributed by atoms with E-state index in [4.69, 9.17) is 14.0 Å². The number of ether oxygens (including phenoxy) is 2. The maximum atomic E-state index is 13.2. The fourth-order valence-electron chi connectivity index (χ4n) is 4.56. The van der Waals surface area contributed by atoms with Crippen LogP contribution in [-0.4, -0.2) is 72.2 Å². The van der Waals surface area contributed by atoms with Gasteiger partial charge in [0.25, 0.3) is 5.91 Å². The van der Waals surface area contributed by atoms with Gasteiger partial charge >= 0.3 is 0 Å². The van der Waals surface area contributed by atoms with Crippen LogP contribution in [0.5, 0.6) is 11.5 Å². The molecule has 2 aliphatic heterocycles. The van der Waals surface area contributed by atoms with Crippen molar-refractivity contribution in [3.05, 3.63) is 35.5 Å². The molecule has 1 atom stereocenters. The van der Waals surface area contributed by atoms with E-state index in [-0.39, 0.29) is 23.7 Å². The second-order valence-electron chi connectivity index (χ2n) is 8.47. The summed E-state index contributed by atoms with van der Waals surface area (Å²) in [5, 5.41) is 3.88. The quantitative estimate of drug-likeness (QED) is 0.702. The molecule has 2 aliphatic rings. The van der Waals surface area contributed by atoms with Crippen molar-refractivity contribution in [1.29, 1.82) is 0 Å². The summed E-state index contributed by atoms with van der Waals surface area (Å²) in [7, 11) is 3.12. The lowest BCUT2D eigenvalue weighted by atomic mass is 9.92. The minimum Gasteiger partial charge on any atom is -0.497 e. The van der Waals surface area contributed by atoms with Gasteiger partial charge in [-0.3, -0.25) is 9.59 Å². The molecule has 1 aromatic heterocycles. The Balaban J connectivity index is 1.35. The SMILES string of the molecule is COc1cc(OC)cc(C(=O)N2CCC(C(=O)N3CCCC(c4nc(C)no4)C3)CC2)c1. The molecule has 9 nitrogen and oxygen atoms in total. The molecule has 0 spiro atoms. The van der Waals surface area contributed by atoms with Crippen LogP contribution >= 0.6 is 0 Å². The van der Waals surface area contributed by atoms with Crippen molar-refractivity contribution in [3.8, 4) is 11.5 Å². The van der Waals surface area contributed by atoms with Gasteiger partial charge in [0.1, 0.15) is 11.5 Å². The monoisotopic (exact) mass is 442 g/mol. The fraction of sp³-hybridized carbons (Fsp3) is 0.565. The maximum absolute atomic E-state index is 13.2. The molecule has 172 valence electrons. The molecule has 2 aromatic rings. The van der Waals surface area contributed by atoms with E-state index >= 15 is 0 Å². The van der Waals surface area contributed by atoms with Crippen LogP contribution in [0.15, 0.2) is 22.7 Å². The minimum absolute atomic E-state index is 0.0675. The highest BCUT2D eigenvalue weighted by atomic mass is 16.5. The predicted octanol–water partition coefficient (Wildman–Crippen LogP) is 2.65. The van der Waals surface area contributed by atoms with Crippen LogP contribution in [0.3, 0.4) is 0 Å². The molecule has 0 N–H and O–H groups in total. The van der Waals surface area contributed by atoms with Gasteiger partial charge in [-0.25, -0.2) is 0 Å². The topological polar surface area (TPSA) is 98.0 Å². The summed E-state index contributed by atoms with van der Waals surface area (Å²) in [6, 6.07) is 5.17. The number of likely N-dealkylation sites (tertiary alicyclic amines) is 2. The number of piperidine rings is 2. The van der Waals surface area contributed by atoms with Gasteiger partial charge in [0.2, 0.25) is 11.8 Å². The van der Waals surface area contributed by atoms with Crippen molar-refractivity contribution in [2.75, 3.05) is 40.4 Å². The Bertz CT molecular complexity index is 945. The van der Waals surface area contributed by atoms with Crippen molar-refractivity contribution >= 4 is 11.8 Å². The number of nitrogens with zero attached hydrogens (tertiary/aromatic N) is 4. The fourth-order valence-corrected chi connectivity index (χ4v) is 4.56. The number of methoxy groups -OCH3 is 2. The van der Waals surface area contributed by atoms with Crippen LogP contribution in [0.1, 0.15) is 53.7 Å². The van der Waals surface area contributed by atoms with Crippen LogP contribution in [-0.2, 0) is 4.79 Å². The number of aryl methyl sites for hydroxylation is 1. The van der Waals surface area contributed by atoms with E-state index in [0.29, 0.717) is 61.3 Å². The first-order chi connectivity index (χ1) is 15.5. The highest BCUT2D eigenvalue weighted by Crippen LogP contribution is 2.29. The summed E-state index contributed by atoms with van der Waals surface area (Å²) < 4.78 is 15.9. The molecule has 32 heavy (non-hydrogen) atoms. The van der Waals surface area contributed by atoms with E-state index in [2.05, 4.69) is 10.1 Å². The van der Waals surface area contributed by atoms with Gasteiger partial charge in [-0.05, 0) is 44.7 Å². The van der Waals surface area contributed by atoms with Gasteiger partial charge in [0.05, 0.1) is 20.1 Å². The molecule has 2 fully saturated rings. The largest absolute Gasteiger partial charge is 0.497 e. The Morgan fingerprint density at radius 2 is 1.69 bits per heavy atom. The third-order valence-electron chi connectivity index (χ3n) is 6.36. The van der Waals surface area contributed by atoms with Crippen LogP contribution in [0, 0.1) is 12.8 Å². The molecule has 0 aliphatic carbocycles. The lowest BCUT2D eigenvalue weighted by Crippen LogP contribution is -2.47. The summed E-state index contributed by atoms with van der Waals surface area (Å²) in [5.41, 5.74) is 0.527. The molecule has 9 heteroatoms. The maximum Gasteiger partial charge on any atom is 0.254 e. The smallest absolute Gasteiger partial charge is 0.254 e. The zero-order chi connectivity index (χ0) is 22.7. The lowest BCUT2D eigenvalue weighted by Gasteiger charge is -2.37. The van der Waals surface area contributed by atoms with Crippen molar-refractivity contribution in [3.63, 3.8) is 0 Å². The molecule has 0 saturated carbocycles. The Hall–Kier alpha value is -3.10. The second-order valence-corrected chi connectivity index (χ2v) is 8.47. The molecule has 2 saturated heterocycles. The van der Waals surface area contributed by atoms with E-state index in [1.54, 1.807) is 44.2 Å². The minimum atomic E-state index is -0.0714. The predicted molar refractivity (Wildman–Crippen MR) is 116 cm³/mol. The summed E-state index contributed by atoms with van der Waals surface area (Å²) in [6.45, 7) is 4.27. The molecular formula is C23H30N4O5. The van der Waals surface area contributed by atoms with Crippen molar-refractivity contribution in [2.24, 2.45) is 5.92 Å². The highest BCUT2D eigenvalue weighted by Gasteiger charge is 2.34. The van der Waals surface area contributed by atoms with Gasteiger partial charge < -0.3 is 23.8 Å². The third-order valence-corrected chi connectivity index (χ3v) is 6.36. The van der Waals surface area contributed by atoms with Gasteiger partial charge in [-0.1, -0.05) is 5.16 Å². The second kappa shape index (κ2) is 9.58. The first-order valence-electron chi connectivity index (χ1n) is 11.1. The Labute approximate surface area is 187 Å². The Morgan fingerprint density at radius 1 is 1.00 bits per heavy atom. The number of aromatic nitrogens is 2. The highest BCUT2D eigenvalue weighted by molar-refractivity contribution is 5.95. The van der Waals surface area contributed by atoms with Crippen molar-refractivity contribution in [1.82, 2.24) is 19.9 Å². The van der Waals surface area contributed by atoms with Crippen molar-refractivity contribution < 1.29 is 23.6 Å². The van der Waals surface area contributed by atoms with Crippen LogP contribution in [0.2, 0.25) is 0 Å². The summed E-state index contributed by atoms with van der Waals surface area (Å²) >= 11 is 0. The number of hydrogen-bond donors (Lipinski definition) is 0. The van der Waals surface area contributed by atoms with E-state index in [1.807, 2.05) is 4.90 Å². The zero-order valence-corrected chi connectivity index (χ0v) is 18.9. The van der Waals surface area contributed by atoms with Crippen molar-refractivity contribution in [2.45, 2.75) is 38.5 Å². The van der Waals surface area contributed by atoms with Crippen LogP contribution in [0.25, 0.3) is 0 Å². The molecule has 1 unspecified atom stereocenters. The normalized spacial score (nSPS) is 19.7. The zero-order valence-electron chi connectivity index (χ0n) is 18.9. The van der Waals surface area contributed by atoms with E-state index < -0.39 is 0 Å². The molecule has 1 aromatic carbocycles. The number of carbonyl (C=O) groups excluding carboxylic acids is 2. The first kappa shape index (κ1) is 22.1. The van der Waals surface area contributed by atoms with Gasteiger partial charge in [-0.15, -0.1) is 0 Å². The molecule has 3 heterocycles. The van der Waals surface area contributed by atoms with E-state index in [9.17, 15) is 9.59 Å². The number of hydrogen-bond acceptors (Lipinski definition) is 7. The van der Waals surface area contributed by atoms with Gasteiger partial charge in [-0.2, -0.15) is 4.98 Å². The van der Waals surface area contributed by atoms with E-state index in [0.717, 1.165) is 19.4 Å². The Kier molecular flexibility index (Phi) is 6.62. The average Bonchev–Trinajstić information content (AvgIpc) is 3.29. The van der Waals surface area contributed by atoms with E-state index in [1.165, 1.54) is 0 Å². The standard InChI is InChI=1S/C23H30N4O5/c1-15-24-21(32-25-15)17-5-4-8-27(14-17)22(28)16-6-9-26(10-7-16)23(29)18-11-19(30-2)13-20(12-18)31-3/h11-13,16-17H,4-10,14H2,1-3H3.